The lowest BCUT2D eigenvalue weighted by atomic mass is 9.99. The van der Waals surface area contributed by atoms with Gasteiger partial charge in [0.15, 0.2) is 0 Å². The Morgan fingerprint density at radius 1 is 1.38 bits per heavy atom. The van der Waals surface area contributed by atoms with Crippen LogP contribution >= 0.6 is 0 Å². The number of hydrogen-bond donors (Lipinski definition) is 1. The van der Waals surface area contributed by atoms with Gasteiger partial charge in [0.25, 0.3) is 0 Å². The molecule has 0 unspecified atom stereocenters. The average Bonchev–Trinajstić information content (AvgIpc) is 2.89. The fourth-order valence-electron chi connectivity index (χ4n) is 2.94. The van der Waals surface area contributed by atoms with Crippen molar-refractivity contribution < 1.29 is 9.90 Å². The number of aromatic nitrogens is 2. The molecule has 3 rings (SSSR count). The van der Waals surface area contributed by atoms with Gasteiger partial charge in [0.05, 0.1) is 5.56 Å². The third-order valence-corrected chi connectivity index (χ3v) is 4.10. The molecule has 1 aromatic carbocycles. The lowest BCUT2D eigenvalue weighted by Crippen LogP contribution is -2.31. The highest BCUT2D eigenvalue weighted by atomic mass is 16.4. The number of rotatable bonds is 4. The van der Waals surface area contributed by atoms with E-state index in [-0.39, 0.29) is 0 Å². The number of aromatic carboxylic acids is 1. The Kier molecular flexibility index (Phi) is 3.64. The Morgan fingerprint density at radius 3 is 2.95 bits per heavy atom. The molecule has 0 saturated carbocycles. The summed E-state index contributed by atoms with van der Waals surface area (Å²) in [4.78, 5) is 13.4. The van der Waals surface area contributed by atoms with E-state index >= 15 is 0 Å². The molecule has 1 aliphatic heterocycles. The summed E-state index contributed by atoms with van der Waals surface area (Å²) >= 11 is 0. The van der Waals surface area contributed by atoms with Crippen LogP contribution in [0, 0.1) is 0 Å². The molecule has 0 radical (unpaired) electrons. The highest BCUT2D eigenvalue weighted by Crippen LogP contribution is 2.28. The topological polar surface area (TPSA) is 58.4 Å². The van der Waals surface area contributed by atoms with Gasteiger partial charge in [0, 0.05) is 44.1 Å². The van der Waals surface area contributed by atoms with Crippen molar-refractivity contribution in [1.82, 2.24) is 9.78 Å². The molecular formula is C16H19N3O2. The number of carboxylic acids is 1. The van der Waals surface area contributed by atoms with Gasteiger partial charge in [-0.1, -0.05) is 0 Å². The first-order valence-corrected chi connectivity index (χ1v) is 7.23. The number of carboxylic acid groups (broad SMARTS) is 1. The predicted molar refractivity (Wildman–Crippen MR) is 80.8 cm³/mol. The van der Waals surface area contributed by atoms with Crippen molar-refractivity contribution in [2.45, 2.75) is 19.3 Å². The number of carbonyl (C=O) groups is 1. The van der Waals surface area contributed by atoms with Gasteiger partial charge in [0.2, 0.25) is 0 Å². The fourth-order valence-corrected chi connectivity index (χ4v) is 2.94. The van der Waals surface area contributed by atoms with E-state index in [4.69, 9.17) is 5.11 Å². The van der Waals surface area contributed by atoms with Crippen molar-refractivity contribution in [2.24, 2.45) is 7.05 Å². The van der Waals surface area contributed by atoms with Crippen LogP contribution in [0.25, 0.3) is 0 Å². The van der Waals surface area contributed by atoms with Gasteiger partial charge in [0.1, 0.15) is 0 Å². The molecule has 1 N–H and O–H groups in total. The maximum Gasteiger partial charge on any atom is 0.335 e. The first kappa shape index (κ1) is 13.7. The third kappa shape index (κ3) is 2.77. The zero-order valence-electron chi connectivity index (χ0n) is 12.1. The maximum atomic E-state index is 11.1. The highest BCUT2D eigenvalue weighted by molar-refractivity contribution is 5.88. The van der Waals surface area contributed by atoms with Crippen LogP contribution in [0.1, 0.15) is 28.0 Å². The Hall–Kier alpha value is -2.30. The van der Waals surface area contributed by atoms with Gasteiger partial charge in [-0.3, -0.25) is 4.68 Å². The van der Waals surface area contributed by atoms with Crippen LogP contribution in [0.3, 0.4) is 0 Å². The molecule has 5 heteroatoms. The molecule has 0 bridgehead atoms. The summed E-state index contributed by atoms with van der Waals surface area (Å²) in [6, 6.07) is 7.50. The van der Waals surface area contributed by atoms with E-state index in [9.17, 15) is 4.79 Å². The van der Waals surface area contributed by atoms with Crippen LogP contribution < -0.4 is 4.90 Å². The molecule has 110 valence electrons. The van der Waals surface area contributed by atoms with Crippen LogP contribution in [-0.2, 0) is 19.9 Å². The van der Waals surface area contributed by atoms with Gasteiger partial charge in [-0.25, -0.2) is 4.79 Å². The second kappa shape index (κ2) is 5.60. The standard InChI is InChI=1S/C16H19N3O2/c1-18-14(6-8-17-18)7-10-19-9-2-3-12-11-13(16(20)21)4-5-15(12)19/h4-6,8,11H,2-3,7,9-10H2,1H3,(H,20,21). The lowest BCUT2D eigenvalue weighted by molar-refractivity contribution is 0.0697. The minimum atomic E-state index is -0.857. The summed E-state index contributed by atoms with van der Waals surface area (Å²) < 4.78 is 1.90. The molecule has 1 aromatic heterocycles. The van der Waals surface area contributed by atoms with Crippen molar-refractivity contribution in [1.29, 1.82) is 0 Å². The molecule has 21 heavy (non-hydrogen) atoms. The van der Waals surface area contributed by atoms with Gasteiger partial charge >= 0.3 is 5.97 Å². The molecule has 0 spiro atoms. The van der Waals surface area contributed by atoms with E-state index in [1.165, 1.54) is 11.4 Å². The molecule has 2 aromatic rings. The summed E-state index contributed by atoms with van der Waals surface area (Å²) in [5.41, 5.74) is 3.91. The number of aryl methyl sites for hydroxylation is 2. The van der Waals surface area contributed by atoms with Crippen LogP contribution in [0.2, 0.25) is 0 Å². The van der Waals surface area contributed by atoms with Crippen molar-refractivity contribution in [3.63, 3.8) is 0 Å². The largest absolute Gasteiger partial charge is 0.478 e. The summed E-state index contributed by atoms with van der Waals surface area (Å²) in [5.74, 6) is -0.857. The smallest absolute Gasteiger partial charge is 0.335 e. The lowest BCUT2D eigenvalue weighted by Gasteiger charge is -2.31. The molecule has 2 heterocycles. The number of anilines is 1. The molecule has 1 aliphatic rings. The Labute approximate surface area is 123 Å². The highest BCUT2D eigenvalue weighted by Gasteiger charge is 2.18. The van der Waals surface area contributed by atoms with Crippen molar-refractivity contribution in [2.75, 3.05) is 18.0 Å². The van der Waals surface area contributed by atoms with E-state index in [1.54, 1.807) is 6.07 Å². The number of nitrogens with zero attached hydrogens (tertiary/aromatic N) is 3. The normalized spacial score (nSPS) is 14.0. The fraction of sp³-hybridized carbons (Fsp3) is 0.375. The SMILES string of the molecule is Cn1nccc1CCN1CCCc2cc(C(=O)O)ccc21. The second-order valence-corrected chi connectivity index (χ2v) is 5.44. The van der Waals surface area contributed by atoms with Crippen LogP contribution in [0.15, 0.2) is 30.5 Å². The van der Waals surface area contributed by atoms with E-state index in [1.807, 2.05) is 36.1 Å². The van der Waals surface area contributed by atoms with Crippen LogP contribution in [-0.4, -0.2) is 33.9 Å². The summed E-state index contributed by atoms with van der Waals surface area (Å²) in [7, 11) is 1.96. The second-order valence-electron chi connectivity index (χ2n) is 5.44. The zero-order chi connectivity index (χ0) is 14.8. The van der Waals surface area contributed by atoms with E-state index < -0.39 is 5.97 Å². The molecule has 5 nitrogen and oxygen atoms in total. The minimum absolute atomic E-state index is 0.377. The zero-order valence-corrected chi connectivity index (χ0v) is 12.1. The van der Waals surface area contributed by atoms with Crippen molar-refractivity contribution in [3.8, 4) is 0 Å². The quantitative estimate of drug-likeness (QED) is 0.934. The first-order valence-electron chi connectivity index (χ1n) is 7.23. The molecule has 0 saturated heterocycles. The molecule has 0 atom stereocenters. The van der Waals surface area contributed by atoms with E-state index in [0.717, 1.165) is 37.9 Å². The molecule has 0 amide bonds. The summed E-state index contributed by atoms with van der Waals surface area (Å²) in [6.07, 6.45) is 4.79. The van der Waals surface area contributed by atoms with Crippen molar-refractivity contribution in [3.05, 3.63) is 47.3 Å². The predicted octanol–water partition coefficient (Wildman–Crippen LogP) is 2.11. The number of hydrogen-bond acceptors (Lipinski definition) is 3. The van der Waals surface area contributed by atoms with Gasteiger partial charge in [-0.2, -0.15) is 5.10 Å². The summed E-state index contributed by atoms with van der Waals surface area (Å²) in [5, 5.41) is 13.3. The number of fused-ring (bicyclic) bond motifs is 1. The summed E-state index contributed by atoms with van der Waals surface area (Å²) in [6.45, 7) is 1.95. The number of benzene rings is 1. The Morgan fingerprint density at radius 2 is 2.24 bits per heavy atom. The van der Waals surface area contributed by atoms with Crippen molar-refractivity contribution >= 4 is 11.7 Å². The Bertz CT molecular complexity index is 663. The molecule has 0 fully saturated rings. The average molecular weight is 285 g/mol. The molecular weight excluding hydrogens is 266 g/mol. The van der Waals surface area contributed by atoms with E-state index in [2.05, 4.69) is 10.00 Å². The van der Waals surface area contributed by atoms with E-state index in [0.29, 0.717) is 5.56 Å². The minimum Gasteiger partial charge on any atom is -0.478 e. The monoisotopic (exact) mass is 285 g/mol. The van der Waals surface area contributed by atoms with Crippen LogP contribution in [0.5, 0.6) is 0 Å². The van der Waals surface area contributed by atoms with Gasteiger partial charge in [-0.05, 0) is 42.7 Å². The van der Waals surface area contributed by atoms with Gasteiger partial charge < -0.3 is 10.0 Å². The third-order valence-electron chi connectivity index (χ3n) is 4.10. The maximum absolute atomic E-state index is 11.1. The van der Waals surface area contributed by atoms with Crippen LogP contribution in [0.4, 0.5) is 5.69 Å². The molecule has 0 aliphatic carbocycles. The Balaban J connectivity index is 1.77. The first-order chi connectivity index (χ1) is 10.1. The van der Waals surface area contributed by atoms with Gasteiger partial charge in [-0.15, -0.1) is 0 Å².